The average molecular weight is 201 g/mol. The minimum Gasteiger partial charge on any atom is -0.345 e. The van der Waals surface area contributed by atoms with Crippen molar-refractivity contribution in [2.45, 2.75) is 0 Å². The minimum atomic E-state index is 0.910. The second-order valence-electron chi connectivity index (χ2n) is 3.32. The van der Waals surface area contributed by atoms with Gasteiger partial charge in [0.25, 0.3) is 0 Å². The van der Waals surface area contributed by atoms with Crippen LogP contribution in [0.2, 0.25) is 0 Å². The van der Waals surface area contributed by atoms with E-state index < -0.39 is 0 Å². The van der Waals surface area contributed by atoms with Crippen molar-refractivity contribution in [2.75, 3.05) is 5.32 Å². The highest BCUT2D eigenvalue weighted by Crippen LogP contribution is 2.31. The molecule has 3 rings (SSSR count). The molecule has 76 valence electrons. The summed E-state index contributed by atoms with van der Waals surface area (Å²) in [6.07, 6.45) is 12.2. The van der Waals surface area contributed by atoms with Crippen molar-refractivity contribution < 1.29 is 0 Å². The lowest BCUT2D eigenvalue weighted by Crippen LogP contribution is -2.10. The van der Waals surface area contributed by atoms with Crippen LogP contribution in [-0.2, 0) is 0 Å². The summed E-state index contributed by atoms with van der Waals surface area (Å²) in [4.78, 5) is 0. The smallest absolute Gasteiger partial charge is 0.149 e. The molecule has 0 amide bonds. The van der Waals surface area contributed by atoms with Gasteiger partial charge in [0.1, 0.15) is 11.5 Å². The van der Waals surface area contributed by atoms with Gasteiger partial charge < -0.3 is 5.32 Å². The van der Waals surface area contributed by atoms with Gasteiger partial charge in [0.05, 0.1) is 0 Å². The first kappa shape index (κ1) is 8.05. The Morgan fingerprint density at radius 2 is 1.87 bits per heavy atom. The molecular weight excluding hydrogens is 190 g/mol. The number of hydrogen-bond donors (Lipinski definition) is 5. The predicted octanol–water partition coefficient (Wildman–Crippen LogP) is 1.94. The second kappa shape index (κ2) is 3.13. The van der Waals surface area contributed by atoms with Gasteiger partial charge in [-0.1, -0.05) is 30.4 Å². The van der Waals surface area contributed by atoms with Gasteiger partial charge in [-0.3, -0.25) is 10.2 Å². The Balaban J connectivity index is 2.22. The third-order valence-electron chi connectivity index (χ3n) is 2.40. The Hall–Kier alpha value is -2.30. The normalized spacial score (nSPS) is 16.8. The molecule has 0 aromatic carbocycles. The summed E-state index contributed by atoms with van der Waals surface area (Å²) in [6.45, 7) is 0. The van der Waals surface area contributed by atoms with Crippen molar-refractivity contribution in [3.05, 3.63) is 47.8 Å². The fourth-order valence-corrected chi connectivity index (χ4v) is 1.69. The molecule has 0 unspecified atom stereocenters. The number of anilines is 1. The Bertz CT molecular complexity index is 524. The Morgan fingerprint density at radius 1 is 0.933 bits per heavy atom. The number of aromatic amines is 4. The quantitative estimate of drug-likeness (QED) is 0.437. The lowest BCUT2D eigenvalue weighted by Gasteiger charge is -2.18. The van der Waals surface area contributed by atoms with Crippen molar-refractivity contribution in [1.29, 1.82) is 0 Å². The number of fused-ring (bicyclic) bond motifs is 3. The van der Waals surface area contributed by atoms with Crippen LogP contribution >= 0.6 is 0 Å². The molecule has 1 aromatic rings. The molecule has 0 bridgehead atoms. The number of aromatic nitrogens is 4. The Morgan fingerprint density at radius 3 is 2.87 bits per heavy atom. The minimum absolute atomic E-state index is 0.910. The van der Waals surface area contributed by atoms with E-state index in [1.807, 2.05) is 24.4 Å². The van der Waals surface area contributed by atoms with Gasteiger partial charge in [0, 0.05) is 11.8 Å². The molecule has 0 spiro atoms. The van der Waals surface area contributed by atoms with Gasteiger partial charge in [0.2, 0.25) is 0 Å². The molecule has 0 saturated carbocycles. The van der Waals surface area contributed by atoms with Crippen LogP contribution in [0, 0.1) is 0 Å². The molecule has 0 radical (unpaired) electrons. The van der Waals surface area contributed by atoms with E-state index in [-0.39, 0.29) is 0 Å². The zero-order valence-electron chi connectivity index (χ0n) is 7.96. The van der Waals surface area contributed by atoms with Crippen LogP contribution in [0.5, 0.6) is 0 Å². The summed E-state index contributed by atoms with van der Waals surface area (Å²) in [7, 11) is 0. The standard InChI is InChI=1S/C10H11N5/c1-2-4-7-6-11-10-9(8(7)5-3-1)12-14-15-13-10/h1-6,11-15H. The van der Waals surface area contributed by atoms with E-state index >= 15 is 0 Å². The van der Waals surface area contributed by atoms with Crippen molar-refractivity contribution >= 4 is 11.4 Å². The Labute approximate surface area is 85.9 Å². The molecule has 1 aliphatic carbocycles. The van der Waals surface area contributed by atoms with E-state index in [2.05, 4.69) is 38.1 Å². The maximum Gasteiger partial charge on any atom is 0.149 e. The van der Waals surface area contributed by atoms with Crippen LogP contribution in [0.25, 0.3) is 5.57 Å². The van der Waals surface area contributed by atoms with Crippen LogP contribution in [0.1, 0.15) is 5.69 Å². The first-order valence-electron chi connectivity index (χ1n) is 4.74. The highest BCUT2D eigenvalue weighted by Gasteiger charge is 2.15. The van der Waals surface area contributed by atoms with E-state index in [9.17, 15) is 0 Å². The largest absolute Gasteiger partial charge is 0.345 e. The molecule has 0 atom stereocenters. The van der Waals surface area contributed by atoms with E-state index in [1.54, 1.807) is 0 Å². The molecule has 5 heteroatoms. The van der Waals surface area contributed by atoms with Crippen LogP contribution in [-0.4, -0.2) is 20.6 Å². The van der Waals surface area contributed by atoms with Crippen molar-refractivity contribution in [2.24, 2.45) is 0 Å². The molecule has 5 nitrogen and oxygen atoms in total. The fourth-order valence-electron chi connectivity index (χ4n) is 1.69. The zero-order valence-corrected chi connectivity index (χ0v) is 7.96. The first-order chi connectivity index (χ1) is 7.45. The van der Waals surface area contributed by atoms with E-state index in [0.29, 0.717) is 0 Å². The van der Waals surface area contributed by atoms with Crippen LogP contribution in [0.15, 0.2) is 42.2 Å². The lowest BCUT2D eigenvalue weighted by atomic mass is 10.0. The first-order valence-corrected chi connectivity index (χ1v) is 4.74. The van der Waals surface area contributed by atoms with Crippen molar-refractivity contribution in [3.63, 3.8) is 0 Å². The lowest BCUT2D eigenvalue weighted by molar-refractivity contribution is 0.758. The summed E-state index contributed by atoms with van der Waals surface area (Å²) >= 11 is 0. The SMILES string of the molecule is C1=CC=C2C(=CNc3[nH][nH][nH][nH]c32)C=C1. The number of hydrogen-bond acceptors (Lipinski definition) is 1. The number of H-pyrrole nitrogens is 4. The van der Waals surface area contributed by atoms with Crippen LogP contribution < -0.4 is 5.32 Å². The monoisotopic (exact) mass is 201 g/mol. The number of rotatable bonds is 0. The summed E-state index contributed by atoms with van der Waals surface area (Å²) in [5.41, 5.74) is 3.30. The summed E-state index contributed by atoms with van der Waals surface area (Å²) in [6, 6.07) is 0. The van der Waals surface area contributed by atoms with Crippen LogP contribution in [0.4, 0.5) is 5.82 Å². The highest BCUT2D eigenvalue weighted by molar-refractivity contribution is 5.88. The van der Waals surface area contributed by atoms with E-state index in [0.717, 1.165) is 22.7 Å². The maximum absolute atomic E-state index is 3.17. The fraction of sp³-hybridized carbons (Fsp3) is 0. The number of allylic oxidation sites excluding steroid dienone is 7. The molecule has 1 aromatic heterocycles. The van der Waals surface area contributed by atoms with Gasteiger partial charge in [-0.2, -0.15) is 0 Å². The third kappa shape index (κ3) is 1.25. The Kier molecular flexibility index (Phi) is 1.68. The molecule has 0 saturated heterocycles. The predicted molar refractivity (Wildman–Crippen MR) is 59.4 cm³/mol. The number of nitrogens with one attached hydrogen (secondary N) is 5. The van der Waals surface area contributed by atoms with E-state index in [4.69, 9.17) is 0 Å². The van der Waals surface area contributed by atoms with Gasteiger partial charge in [-0.05, 0) is 5.57 Å². The molecule has 2 aliphatic rings. The summed E-state index contributed by atoms with van der Waals surface area (Å²) in [5.74, 6) is 0.910. The third-order valence-corrected chi connectivity index (χ3v) is 2.40. The molecule has 5 N–H and O–H groups in total. The summed E-state index contributed by atoms with van der Waals surface area (Å²) in [5, 5.41) is 14.8. The molecule has 2 heterocycles. The molecule has 0 fully saturated rings. The topological polar surface area (TPSA) is 75.2 Å². The van der Waals surface area contributed by atoms with Gasteiger partial charge in [0.15, 0.2) is 0 Å². The maximum atomic E-state index is 3.17. The van der Waals surface area contributed by atoms with Crippen molar-refractivity contribution in [1.82, 2.24) is 20.6 Å². The molecular formula is C10H11N5. The van der Waals surface area contributed by atoms with Gasteiger partial charge in [-0.15, -0.1) is 0 Å². The summed E-state index contributed by atoms with van der Waals surface area (Å²) < 4.78 is 0. The van der Waals surface area contributed by atoms with E-state index in [1.165, 1.54) is 0 Å². The second-order valence-corrected chi connectivity index (χ2v) is 3.32. The molecule has 1 aliphatic heterocycles. The van der Waals surface area contributed by atoms with Gasteiger partial charge >= 0.3 is 0 Å². The van der Waals surface area contributed by atoms with Gasteiger partial charge in [-0.25, -0.2) is 10.4 Å². The average Bonchev–Trinajstić information content (AvgIpc) is 2.54. The van der Waals surface area contributed by atoms with Crippen molar-refractivity contribution in [3.8, 4) is 0 Å². The molecule has 15 heavy (non-hydrogen) atoms. The zero-order chi connectivity index (χ0) is 10.1. The highest BCUT2D eigenvalue weighted by atomic mass is 15.4. The van der Waals surface area contributed by atoms with Crippen LogP contribution in [0.3, 0.4) is 0 Å².